The van der Waals surface area contributed by atoms with Crippen molar-refractivity contribution in [2.24, 2.45) is 4.99 Å². The maximum absolute atomic E-state index is 13.6. The summed E-state index contributed by atoms with van der Waals surface area (Å²) in [6.45, 7) is 6.76. The minimum absolute atomic E-state index is 0.116. The molecule has 0 spiro atoms. The summed E-state index contributed by atoms with van der Waals surface area (Å²) in [4.78, 5) is 37.7. The third-order valence-electron chi connectivity index (χ3n) is 6.85. The molecule has 40 heavy (non-hydrogen) atoms. The Morgan fingerprint density at radius 3 is 2.42 bits per heavy atom. The van der Waals surface area contributed by atoms with Crippen LogP contribution in [0.15, 0.2) is 101 Å². The van der Waals surface area contributed by atoms with Crippen LogP contribution in [0.4, 0.5) is 0 Å². The molecule has 3 heterocycles. The Kier molecular flexibility index (Phi) is 8.45. The molecule has 2 aliphatic heterocycles. The van der Waals surface area contributed by atoms with Crippen molar-refractivity contribution in [3.05, 3.63) is 118 Å². The van der Waals surface area contributed by atoms with Gasteiger partial charge in [0, 0.05) is 30.2 Å². The van der Waals surface area contributed by atoms with E-state index in [9.17, 15) is 9.59 Å². The molecule has 5 rings (SSSR count). The van der Waals surface area contributed by atoms with Crippen LogP contribution < -0.4 is 5.32 Å². The first-order valence-electron chi connectivity index (χ1n) is 13.4. The van der Waals surface area contributed by atoms with Crippen LogP contribution in [0.25, 0.3) is 5.70 Å². The van der Waals surface area contributed by atoms with Crippen LogP contribution in [-0.4, -0.2) is 33.5 Å². The number of amidine groups is 1. The number of amides is 1. The summed E-state index contributed by atoms with van der Waals surface area (Å²) in [5, 5.41) is 5.68. The summed E-state index contributed by atoms with van der Waals surface area (Å²) >= 11 is 1.46. The normalized spacial score (nSPS) is 16.4. The average Bonchev–Trinajstić information content (AvgIpc) is 3.38. The van der Waals surface area contributed by atoms with E-state index in [2.05, 4.69) is 48.4 Å². The molecule has 0 radical (unpaired) electrons. The number of nitrogens with one attached hydrogen (secondary N) is 1. The van der Waals surface area contributed by atoms with E-state index < -0.39 is 12.0 Å². The van der Waals surface area contributed by atoms with Gasteiger partial charge in [-0.3, -0.25) is 9.78 Å². The zero-order valence-corrected chi connectivity index (χ0v) is 23.7. The molecule has 1 N–H and O–H groups in total. The lowest BCUT2D eigenvalue weighted by molar-refractivity contribution is -0.139. The number of benzene rings is 2. The molecule has 0 bridgehead atoms. The number of rotatable bonds is 9. The molecule has 2 aromatic carbocycles. The number of aromatic nitrogens is 1. The maximum Gasteiger partial charge on any atom is 0.338 e. The molecule has 0 aliphatic carbocycles. The number of nitrogens with zero attached hydrogens (tertiary/aromatic N) is 3. The summed E-state index contributed by atoms with van der Waals surface area (Å²) in [6.07, 6.45) is 3.56. The van der Waals surface area contributed by atoms with E-state index in [0.29, 0.717) is 23.7 Å². The van der Waals surface area contributed by atoms with Gasteiger partial charge in [-0.25, -0.2) is 9.79 Å². The van der Waals surface area contributed by atoms with Crippen molar-refractivity contribution in [3.8, 4) is 0 Å². The summed E-state index contributed by atoms with van der Waals surface area (Å²) in [7, 11) is 0. The quantitative estimate of drug-likeness (QED) is 0.319. The van der Waals surface area contributed by atoms with Crippen molar-refractivity contribution in [2.75, 3.05) is 6.61 Å². The summed E-state index contributed by atoms with van der Waals surface area (Å²) in [6, 6.07) is 21.3. The van der Waals surface area contributed by atoms with Gasteiger partial charge >= 0.3 is 5.97 Å². The molecule has 3 aromatic rings. The highest BCUT2D eigenvalue weighted by Crippen LogP contribution is 2.47. The van der Waals surface area contributed by atoms with Crippen molar-refractivity contribution in [2.45, 2.75) is 45.7 Å². The van der Waals surface area contributed by atoms with E-state index in [1.807, 2.05) is 52.8 Å². The number of pyridine rings is 1. The minimum Gasteiger partial charge on any atom is -0.463 e. The largest absolute Gasteiger partial charge is 0.463 e. The van der Waals surface area contributed by atoms with Crippen LogP contribution in [-0.2, 0) is 20.9 Å². The Balaban J connectivity index is 1.54. The summed E-state index contributed by atoms with van der Waals surface area (Å²) < 4.78 is 5.60. The second kappa shape index (κ2) is 12.3. The lowest BCUT2D eigenvalue weighted by Crippen LogP contribution is -2.38. The summed E-state index contributed by atoms with van der Waals surface area (Å²) in [5.41, 5.74) is 5.78. The summed E-state index contributed by atoms with van der Waals surface area (Å²) in [5.74, 6) is -0.158. The van der Waals surface area contributed by atoms with Gasteiger partial charge in [-0.1, -0.05) is 80.2 Å². The lowest BCUT2D eigenvalue weighted by Gasteiger charge is -2.37. The zero-order chi connectivity index (χ0) is 28.1. The van der Waals surface area contributed by atoms with Gasteiger partial charge in [0.1, 0.15) is 0 Å². The third kappa shape index (κ3) is 5.87. The third-order valence-corrected chi connectivity index (χ3v) is 7.74. The standard InChI is InChI=1S/C32H32N4O3S/c1-4-39-31(38)28-29(24-8-6-5-7-9-24)35-32-36(30(28)25-12-10-23(11-13-25)21(2)3)26(20-40-32)18-27(37)34-19-22-14-16-33-17-15-22/h5-17,20-21,30H,4,18-19H2,1-3H3,(H,34,37). The number of hydrogen-bond acceptors (Lipinski definition) is 7. The van der Waals surface area contributed by atoms with E-state index in [1.165, 1.54) is 17.3 Å². The Labute approximate surface area is 239 Å². The average molecular weight is 553 g/mol. The van der Waals surface area contributed by atoms with Crippen LogP contribution >= 0.6 is 11.8 Å². The highest BCUT2D eigenvalue weighted by molar-refractivity contribution is 8.16. The Hall–Kier alpha value is -4.17. The van der Waals surface area contributed by atoms with Crippen molar-refractivity contribution in [3.63, 3.8) is 0 Å². The Morgan fingerprint density at radius 2 is 1.75 bits per heavy atom. The first-order chi connectivity index (χ1) is 19.5. The smallest absolute Gasteiger partial charge is 0.338 e. The molecular formula is C32H32N4O3S. The van der Waals surface area contributed by atoms with Gasteiger partial charge in [-0.05, 0) is 47.1 Å². The Morgan fingerprint density at radius 1 is 1.02 bits per heavy atom. The molecule has 1 aromatic heterocycles. The minimum atomic E-state index is -0.503. The van der Waals surface area contributed by atoms with E-state index in [0.717, 1.165) is 27.6 Å². The number of aliphatic imine (C=N–C) groups is 1. The van der Waals surface area contributed by atoms with E-state index >= 15 is 0 Å². The Bertz CT molecular complexity index is 1470. The fourth-order valence-electron chi connectivity index (χ4n) is 4.80. The van der Waals surface area contributed by atoms with Gasteiger partial charge in [0.15, 0.2) is 5.17 Å². The molecule has 2 aliphatic rings. The highest BCUT2D eigenvalue weighted by atomic mass is 32.2. The molecule has 1 unspecified atom stereocenters. The van der Waals surface area contributed by atoms with Gasteiger partial charge in [-0.15, -0.1) is 0 Å². The van der Waals surface area contributed by atoms with Gasteiger partial charge in [-0.2, -0.15) is 0 Å². The molecule has 7 nitrogen and oxygen atoms in total. The van der Waals surface area contributed by atoms with Crippen LogP contribution in [0.2, 0.25) is 0 Å². The van der Waals surface area contributed by atoms with Gasteiger partial charge in [0.2, 0.25) is 5.91 Å². The molecular weight excluding hydrogens is 520 g/mol. The van der Waals surface area contributed by atoms with Crippen LogP contribution in [0.5, 0.6) is 0 Å². The fourth-order valence-corrected chi connectivity index (χ4v) is 5.71. The van der Waals surface area contributed by atoms with Gasteiger partial charge < -0.3 is 15.0 Å². The number of carbonyl (C=O) groups excluding carboxylic acids is 2. The first kappa shape index (κ1) is 27.4. The fraction of sp³-hybridized carbons (Fsp3) is 0.250. The predicted molar refractivity (Wildman–Crippen MR) is 159 cm³/mol. The van der Waals surface area contributed by atoms with Crippen molar-refractivity contribution < 1.29 is 14.3 Å². The predicted octanol–water partition coefficient (Wildman–Crippen LogP) is 6.19. The number of thioether (sulfide) groups is 1. The van der Waals surface area contributed by atoms with Crippen molar-refractivity contribution >= 4 is 34.5 Å². The van der Waals surface area contributed by atoms with E-state index in [4.69, 9.17) is 9.73 Å². The van der Waals surface area contributed by atoms with Gasteiger partial charge in [0.05, 0.1) is 30.3 Å². The molecule has 1 amide bonds. The second-order valence-electron chi connectivity index (χ2n) is 9.87. The zero-order valence-electron chi connectivity index (χ0n) is 22.8. The first-order valence-corrected chi connectivity index (χ1v) is 14.3. The maximum atomic E-state index is 13.6. The van der Waals surface area contributed by atoms with Gasteiger partial charge in [0.25, 0.3) is 0 Å². The van der Waals surface area contributed by atoms with Crippen LogP contribution in [0, 0.1) is 0 Å². The molecule has 0 saturated heterocycles. The van der Waals surface area contributed by atoms with Crippen molar-refractivity contribution in [1.82, 2.24) is 15.2 Å². The SMILES string of the molecule is CCOC(=O)C1=C(c2ccccc2)N=C2SC=C(CC(=O)NCc3ccncc3)N2C1c1ccc(C(C)C)cc1. The number of carbonyl (C=O) groups is 2. The molecule has 1 atom stereocenters. The molecule has 204 valence electrons. The molecule has 8 heteroatoms. The van der Waals surface area contributed by atoms with Crippen LogP contribution in [0.3, 0.4) is 0 Å². The van der Waals surface area contributed by atoms with Crippen molar-refractivity contribution in [1.29, 1.82) is 0 Å². The van der Waals surface area contributed by atoms with Crippen LogP contribution in [0.1, 0.15) is 61.4 Å². The number of esters is 1. The monoisotopic (exact) mass is 552 g/mol. The highest BCUT2D eigenvalue weighted by Gasteiger charge is 2.42. The van der Waals surface area contributed by atoms with E-state index in [1.54, 1.807) is 19.3 Å². The molecule has 0 fully saturated rings. The number of fused-ring (bicyclic) bond motifs is 1. The second-order valence-corrected chi connectivity index (χ2v) is 10.7. The van der Waals surface area contributed by atoms with E-state index in [-0.39, 0.29) is 18.9 Å². The number of hydrogen-bond donors (Lipinski definition) is 1. The topological polar surface area (TPSA) is 83.9 Å². The number of ether oxygens (including phenoxy) is 1. The molecule has 0 saturated carbocycles. The lowest BCUT2D eigenvalue weighted by atomic mass is 9.90.